The maximum absolute atomic E-state index is 12.0. The molecule has 2 saturated heterocycles. The molecular formula is C19H29N3OS. The van der Waals surface area contributed by atoms with Crippen molar-refractivity contribution in [2.75, 3.05) is 31.1 Å². The van der Waals surface area contributed by atoms with E-state index in [2.05, 4.69) is 39.8 Å². The number of carbonyl (C=O) groups excluding carboxylic acids is 1. The van der Waals surface area contributed by atoms with Crippen LogP contribution in [0.25, 0.3) is 0 Å². The number of nitrogens with one attached hydrogen (secondary N) is 2. The van der Waals surface area contributed by atoms with Gasteiger partial charge in [-0.05, 0) is 37.1 Å². The topological polar surface area (TPSA) is 44.4 Å². The summed E-state index contributed by atoms with van der Waals surface area (Å²) in [6, 6.07) is 9.03. The van der Waals surface area contributed by atoms with E-state index in [4.69, 9.17) is 0 Å². The summed E-state index contributed by atoms with van der Waals surface area (Å²) in [5.41, 5.74) is 2.55. The molecular weight excluding hydrogens is 318 g/mol. The highest BCUT2D eigenvalue weighted by Gasteiger charge is 2.16. The van der Waals surface area contributed by atoms with Crippen LogP contribution in [0.5, 0.6) is 0 Å². The van der Waals surface area contributed by atoms with Crippen molar-refractivity contribution in [2.24, 2.45) is 0 Å². The van der Waals surface area contributed by atoms with Gasteiger partial charge in [-0.2, -0.15) is 11.8 Å². The van der Waals surface area contributed by atoms with E-state index in [-0.39, 0.29) is 5.91 Å². The van der Waals surface area contributed by atoms with Crippen LogP contribution in [0.1, 0.15) is 36.8 Å². The minimum absolute atomic E-state index is 0.146. The van der Waals surface area contributed by atoms with Crippen molar-refractivity contribution in [2.45, 2.75) is 44.8 Å². The summed E-state index contributed by atoms with van der Waals surface area (Å²) < 4.78 is 0. The number of nitrogens with zero attached hydrogens (tertiary/aromatic N) is 1. The highest BCUT2D eigenvalue weighted by molar-refractivity contribution is 7.99. The number of carbonyl (C=O) groups is 1. The number of likely N-dealkylation sites (tertiary alicyclic amines) is 1. The van der Waals surface area contributed by atoms with Crippen molar-refractivity contribution in [3.05, 3.63) is 35.4 Å². The van der Waals surface area contributed by atoms with Crippen molar-refractivity contribution in [1.29, 1.82) is 0 Å². The van der Waals surface area contributed by atoms with Crippen LogP contribution in [0.15, 0.2) is 24.3 Å². The van der Waals surface area contributed by atoms with Gasteiger partial charge in [0.25, 0.3) is 0 Å². The molecule has 0 spiro atoms. The van der Waals surface area contributed by atoms with Crippen molar-refractivity contribution in [1.82, 2.24) is 15.5 Å². The molecule has 1 atom stereocenters. The van der Waals surface area contributed by atoms with Crippen molar-refractivity contribution >= 4 is 17.7 Å². The molecule has 132 valence electrons. The van der Waals surface area contributed by atoms with Gasteiger partial charge < -0.3 is 10.6 Å². The van der Waals surface area contributed by atoms with E-state index in [0.29, 0.717) is 19.0 Å². The summed E-state index contributed by atoms with van der Waals surface area (Å²) in [4.78, 5) is 14.6. The Morgan fingerprint density at radius 3 is 2.62 bits per heavy atom. The first-order valence-corrected chi connectivity index (χ1v) is 10.3. The lowest BCUT2D eigenvalue weighted by Crippen LogP contribution is -2.41. The van der Waals surface area contributed by atoms with E-state index in [9.17, 15) is 4.79 Å². The molecule has 24 heavy (non-hydrogen) atoms. The molecule has 2 fully saturated rings. The average molecular weight is 348 g/mol. The van der Waals surface area contributed by atoms with Gasteiger partial charge in [0.1, 0.15) is 0 Å². The Balaban J connectivity index is 1.39. The Hall–Kier alpha value is -1.04. The number of amides is 1. The standard InChI is InChI=1S/C19H29N3OS/c23-19(12-18-15-24-11-8-20-18)21-13-16-4-6-17(7-5-16)14-22-9-2-1-3-10-22/h4-7,18,20H,1-3,8-15H2,(H,21,23). The smallest absolute Gasteiger partial charge is 0.221 e. The van der Waals surface area contributed by atoms with Gasteiger partial charge in [0.15, 0.2) is 0 Å². The van der Waals surface area contributed by atoms with Crippen molar-refractivity contribution < 1.29 is 4.79 Å². The van der Waals surface area contributed by atoms with Crippen LogP contribution >= 0.6 is 11.8 Å². The lowest BCUT2D eigenvalue weighted by Gasteiger charge is -2.26. The molecule has 2 aliphatic heterocycles. The summed E-state index contributed by atoms with van der Waals surface area (Å²) in [6.45, 7) is 5.15. The molecule has 1 unspecified atom stereocenters. The molecule has 3 rings (SSSR count). The zero-order chi connectivity index (χ0) is 16.6. The first-order valence-electron chi connectivity index (χ1n) is 9.17. The van der Waals surface area contributed by atoms with E-state index in [0.717, 1.165) is 24.6 Å². The van der Waals surface area contributed by atoms with Crippen LogP contribution in [0.3, 0.4) is 0 Å². The van der Waals surface area contributed by atoms with Gasteiger partial charge in [0.2, 0.25) is 5.91 Å². The molecule has 0 radical (unpaired) electrons. The van der Waals surface area contributed by atoms with Crippen LogP contribution in [0.4, 0.5) is 0 Å². The lowest BCUT2D eigenvalue weighted by molar-refractivity contribution is -0.121. The SMILES string of the molecule is O=C(CC1CSCCN1)NCc1ccc(CN2CCCCC2)cc1. The van der Waals surface area contributed by atoms with Crippen LogP contribution < -0.4 is 10.6 Å². The Bertz CT molecular complexity index is 508. The second kappa shape index (κ2) is 9.44. The largest absolute Gasteiger partial charge is 0.352 e. The van der Waals surface area contributed by atoms with E-state index < -0.39 is 0 Å². The minimum Gasteiger partial charge on any atom is -0.352 e. The summed E-state index contributed by atoms with van der Waals surface area (Å²) in [6.07, 6.45) is 4.63. The summed E-state index contributed by atoms with van der Waals surface area (Å²) in [5, 5.41) is 6.46. The first-order chi connectivity index (χ1) is 11.8. The highest BCUT2D eigenvalue weighted by Crippen LogP contribution is 2.14. The monoisotopic (exact) mass is 347 g/mol. The second-order valence-corrected chi connectivity index (χ2v) is 8.01. The van der Waals surface area contributed by atoms with Crippen LogP contribution in [-0.4, -0.2) is 48.0 Å². The Morgan fingerprint density at radius 2 is 1.92 bits per heavy atom. The molecule has 1 aromatic rings. The predicted octanol–water partition coefficient (Wildman–Crippen LogP) is 2.38. The average Bonchev–Trinajstić information content (AvgIpc) is 2.63. The normalized spacial score (nSPS) is 22.2. The summed E-state index contributed by atoms with van der Waals surface area (Å²) in [7, 11) is 0. The van der Waals surface area contributed by atoms with E-state index in [1.807, 2.05) is 11.8 Å². The second-order valence-electron chi connectivity index (χ2n) is 6.86. The molecule has 0 saturated carbocycles. The van der Waals surface area contributed by atoms with Gasteiger partial charge >= 0.3 is 0 Å². The van der Waals surface area contributed by atoms with Gasteiger partial charge in [-0.3, -0.25) is 9.69 Å². The quantitative estimate of drug-likeness (QED) is 0.829. The lowest BCUT2D eigenvalue weighted by atomic mass is 10.1. The Morgan fingerprint density at radius 1 is 1.17 bits per heavy atom. The van der Waals surface area contributed by atoms with Gasteiger partial charge in [-0.1, -0.05) is 30.7 Å². The number of hydrogen-bond donors (Lipinski definition) is 2. The van der Waals surface area contributed by atoms with Crippen molar-refractivity contribution in [3.63, 3.8) is 0 Å². The van der Waals surface area contributed by atoms with Gasteiger partial charge in [0.05, 0.1) is 0 Å². The molecule has 2 N–H and O–H groups in total. The maximum Gasteiger partial charge on any atom is 0.221 e. The zero-order valence-corrected chi connectivity index (χ0v) is 15.2. The third kappa shape index (κ3) is 5.80. The van der Waals surface area contributed by atoms with E-state index >= 15 is 0 Å². The molecule has 0 aliphatic carbocycles. The molecule has 2 aliphatic rings. The fourth-order valence-electron chi connectivity index (χ4n) is 3.39. The maximum atomic E-state index is 12.0. The third-order valence-electron chi connectivity index (χ3n) is 4.80. The van der Waals surface area contributed by atoms with E-state index in [1.165, 1.54) is 43.5 Å². The molecule has 0 bridgehead atoms. The van der Waals surface area contributed by atoms with Gasteiger partial charge in [0, 0.05) is 43.6 Å². The Kier molecular flexibility index (Phi) is 6.99. The first kappa shape index (κ1) is 17.8. The van der Waals surface area contributed by atoms with Crippen LogP contribution in [0.2, 0.25) is 0 Å². The number of rotatable bonds is 6. The molecule has 0 aromatic heterocycles. The van der Waals surface area contributed by atoms with Gasteiger partial charge in [-0.15, -0.1) is 0 Å². The fourth-order valence-corrected chi connectivity index (χ4v) is 4.33. The minimum atomic E-state index is 0.146. The molecule has 1 amide bonds. The van der Waals surface area contributed by atoms with Crippen LogP contribution in [-0.2, 0) is 17.9 Å². The number of thioether (sulfide) groups is 1. The third-order valence-corrected chi connectivity index (χ3v) is 5.93. The number of hydrogen-bond acceptors (Lipinski definition) is 4. The Labute approximate surface area is 149 Å². The molecule has 1 aromatic carbocycles. The summed E-state index contributed by atoms with van der Waals surface area (Å²) in [5.74, 6) is 2.34. The van der Waals surface area contributed by atoms with Crippen LogP contribution in [0, 0.1) is 0 Å². The highest BCUT2D eigenvalue weighted by atomic mass is 32.2. The number of benzene rings is 1. The van der Waals surface area contributed by atoms with Gasteiger partial charge in [-0.25, -0.2) is 0 Å². The molecule has 4 nitrogen and oxygen atoms in total. The number of piperidine rings is 1. The van der Waals surface area contributed by atoms with E-state index in [1.54, 1.807) is 0 Å². The zero-order valence-electron chi connectivity index (χ0n) is 14.4. The molecule has 5 heteroatoms. The predicted molar refractivity (Wildman–Crippen MR) is 101 cm³/mol. The van der Waals surface area contributed by atoms with Crippen molar-refractivity contribution in [3.8, 4) is 0 Å². The summed E-state index contributed by atoms with van der Waals surface area (Å²) >= 11 is 1.93. The fraction of sp³-hybridized carbons (Fsp3) is 0.632. The molecule has 2 heterocycles.